The van der Waals surface area contributed by atoms with Crippen LogP contribution in [0, 0.1) is 34.5 Å². The van der Waals surface area contributed by atoms with Crippen LogP contribution in [0.2, 0.25) is 0 Å². The minimum atomic E-state index is -0.379. The standard InChI is InChI=1S/C25H36O4/c1-5-16-12-21-19-7-6-17-13-18(27)8-10-24(17,3)20(19)9-11-25(21,4)23(16)22(28)14-29-15(2)26/h9,13,16,18-19,21,23,27H,5-8,10-12,14H2,1-4H3/t16-,18?,19?,21?,23-,24+,25+/m1/s1. The van der Waals surface area contributed by atoms with Crippen molar-refractivity contribution in [2.45, 2.75) is 78.7 Å². The summed E-state index contributed by atoms with van der Waals surface area (Å²) in [5.41, 5.74) is 3.05. The average Bonchev–Trinajstić information content (AvgIpc) is 2.99. The molecule has 2 saturated carbocycles. The molecule has 4 nitrogen and oxygen atoms in total. The second-order valence-electron chi connectivity index (χ2n) is 10.4. The van der Waals surface area contributed by atoms with Gasteiger partial charge in [0.1, 0.15) is 6.61 Å². The Morgan fingerprint density at radius 3 is 2.72 bits per heavy atom. The number of ether oxygens (including phenoxy) is 1. The van der Waals surface area contributed by atoms with Crippen LogP contribution in [-0.4, -0.2) is 29.6 Å². The highest BCUT2D eigenvalue weighted by molar-refractivity contribution is 5.85. The second kappa shape index (κ2) is 7.37. The van der Waals surface area contributed by atoms with Gasteiger partial charge in [-0.1, -0.05) is 50.5 Å². The van der Waals surface area contributed by atoms with Crippen LogP contribution in [0.5, 0.6) is 0 Å². The van der Waals surface area contributed by atoms with Gasteiger partial charge >= 0.3 is 5.97 Å². The van der Waals surface area contributed by atoms with Crippen LogP contribution in [0.3, 0.4) is 0 Å². The van der Waals surface area contributed by atoms with Gasteiger partial charge in [-0.15, -0.1) is 0 Å². The Morgan fingerprint density at radius 1 is 1.28 bits per heavy atom. The molecular formula is C25H36O4. The number of hydrogen-bond acceptors (Lipinski definition) is 4. The van der Waals surface area contributed by atoms with Crippen LogP contribution in [-0.2, 0) is 14.3 Å². The summed E-state index contributed by atoms with van der Waals surface area (Å²) in [5, 5.41) is 10.1. The van der Waals surface area contributed by atoms with Crippen molar-refractivity contribution in [2.24, 2.45) is 34.5 Å². The van der Waals surface area contributed by atoms with Gasteiger partial charge in [0.25, 0.3) is 0 Å². The van der Waals surface area contributed by atoms with Crippen molar-refractivity contribution >= 4 is 11.8 Å². The van der Waals surface area contributed by atoms with Crippen molar-refractivity contribution in [1.82, 2.24) is 0 Å². The first-order valence-corrected chi connectivity index (χ1v) is 11.5. The number of esters is 1. The Balaban J connectivity index is 1.66. The maximum Gasteiger partial charge on any atom is 0.303 e. The van der Waals surface area contributed by atoms with Crippen molar-refractivity contribution in [3.63, 3.8) is 0 Å². The topological polar surface area (TPSA) is 63.6 Å². The van der Waals surface area contributed by atoms with Gasteiger partial charge in [-0.25, -0.2) is 0 Å². The van der Waals surface area contributed by atoms with E-state index in [1.807, 2.05) is 0 Å². The molecule has 29 heavy (non-hydrogen) atoms. The fourth-order valence-electron chi connectivity index (χ4n) is 7.48. The van der Waals surface area contributed by atoms with Crippen LogP contribution in [0.15, 0.2) is 23.3 Å². The largest absolute Gasteiger partial charge is 0.458 e. The first kappa shape index (κ1) is 20.8. The molecule has 160 valence electrons. The Bertz CT molecular complexity index is 765. The molecule has 0 aromatic heterocycles. The molecule has 0 radical (unpaired) electrons. The summed E-state index contributed by atoms with van der Waals surface area (Å²) in [5.74, 6) is 1.13. The van der Waals surface area contributed by atoms with Crippen molar-refractivity contribution in [1.29, 1.82) is 0 Å². The minimum Gasteiger partial charge on any atom is -0.458 e. The van der Waals surface area contributed by atoms with Gasteiger partial charge in [0.15, 0.2) is 5.78 Å². The highest BCUT2D eigenvalue weighted by Gasteiger charge is 2.60. The number of carbonyl (C=O) groups excluding carboxylic acids is 2. The molecule has 3 unspecified atom stereocenters. The lowest BCUT2D eigenvalue weighted by Gasteiger charge is -2.53. The molecule has 4 heteroatoms. The maximum atomic E-state index is 13.1. The third-order valence-corrected chi connectivity index (χ3v) is 8.93. The first-order chi connectivity index (χ1) is 13.7. The van der Waals surface area contributed by atoms with Crippen LogP contribution in [0.4, 0.5) is 0 Å². The number of hydrogen-bond donors (Lipinski definition) is 1. The maximum absolute atomic E-state index is 13.1. The summed E-state index contributed by atoms with van der Waals surface area (Å²) >= 11 is 0. The third kappa shape index (κ3) is 3.22. The molecule has 0 aromatic rings. The fraction of sp³-hybridized carbons (Fsp3) is 0.760. The highest BCUT2D eigenvalue weighted by atomic mass is 16.5. The molecule has 0 aromatic carbocycles. The molecule has 7 atom stereocenters. The van der Waals surface area contributed by atoms with Gasteiger partial charge < -0.3 is 9.84 Å². The summed E-state index contributed by atoms with van der Waals surface area (Å²) < 4.78 is 5.10. The number of carbonyl (C=O) groups is 2. The van der Waals surface area contributed by atoms with Crippen LogP contribution in [0.25, 0.3) is 0 Å². The van der Waals surface area contributed by atoms with Crippen LogP contribution in [0.1, 0.15) is 72.6 Å². The average molecular weight is 401 g/mol. The molecular weight excluding hydrogens is 364 g/mol. The molecule has 0 amide bonds. The summed E-state index contributed by atoms with van der Waals surface area (Å²) in [6.45, 7) is 8.17. The van der Waals surface area contributed by atoms with Gasteiger partial charge in [0.2, 0.25) is 0 Å². The lowest BCUT2D eigenvalue weighted by molar-refractivity contribution is -0.148. The quantitative estimate of drug-likeness (QED) is 0.553. The van der Waals surface area contributed by atoms with Crippen molar-refractivity contribution in [3.8, 4) is 0 Å². The molecule has 0 spiro atoms. The number of aliphatic hydroxyl groups excluding tert-OH is 1. The molecule has 1 N–H and O–H groups in total. The zero-order valence-electron chi connectivity index (χ0n) is 18.4. The van der Waals surface area contributed by atoms with E-state index >= 15 is 0 Å². The molecule has 4 aliphatic rings. The van der Waals surface area contributed by atoms with E-state index in [9.17, 15) is 14.7 Å². The number of Topliss-reactive ketones (excluding diaryl/α,β-unsaturated/α-hetero) is 1. The van der Waals surface area contributed by atoms with Gasteiger partial charge in [-0.05, 0) is 61.7 Å². The van der Waals surface area contributed by atoms with E-state index in [-0.39, 0.29) is 41.2 Å². The van der Waals surface area contributed by atoms with Gasteiger partial charge in [0.05, 0.1) is 6.10 Å². The normalized spacial score (nSPS) is 43.4. The van der Waals surface area contributed by atoms with E-state index in [1.54, 1.807) is 5.57 Å². The number of aliphatic hydroxyl groups is 1. The zero-order valence-corrected chi connectivity index (χ0v) is 18.4. The predicted octanol–water partition coefficient (Wildman–Crippen LogP) is 4.61. The number of rotatable bonds is 4. The second-order valence-corrected chi connectivity index (χ2v) is 10.4. The van der Waals surface area contributed by atoms with E-state index in [0.29, 0.717) is 17.8 Å². The highest BCUT2D eigenvalue weighted by Crippen LogP contribution is 2.66. The molecule has 2 fully saturated rings. The van der Waals surface area contributed by atoms with Gasteiger partial charge in [-0.2, -0.15) is 0 Å². The molecule has 0 aliphatic heterocycles. The monoisotopic (exact) mass is 400 g/mol. The summed E-state index contributed by atoms with van der Waals surface area (Å²) in [6, 6.07) is 0. The number of ketones is 1. The van der Waals surface area contributed by atoms with Crippen molar-refractivity contribution in [2.75, 3.05) is 6.61 Å². The first-order valence-electron chi connectivity index (χ1n) is 11.5. The Labute approximate surface area is 174 Å². The lowest BCUT2D eigenvalue weighted by Crippen LogP contribution is -2.46. The summed E-state index contributed by atoms with van der Waals surface area (Å²) in [7, 11) is 0. The van der Waals surface area contributed by atoms with E-state index in [4.69, 9.17) is 4.74 Å². The summed E-state index contributed by atoms with van der Waals surface area (Å²) in [6.07, 6.45) is 11.4. The molecule has 0 bridgehead atoms. The Kier molecular flexibility index (Phi) is 5.30. The molecule has 4 aliphatic carbocycles. The molecule has 4 rings (SSSR count). The molecule has 0 saturated heterocycles. The third-order valence-electron chi connectivity index (χ3n) is 8.93. The van der Waals surface area contributed by atoms with Crippen molar-refractivity contribution < 1.29 is 19.4 Å². The predicted molar refractivity (Wildman–Crippen MR) is 112 cm³/mol. The fourth-order valence-corrected chi connectivity index (χ4v) is 7.48. The smallest absolute Gasteiger partial charge is 0.303 e. The number of allylic oxidation sites excluding steroid dienone is 3. The number of fused-ring (bicyclic) bond motifs is 5. The van der Waals surface area contributed by atoms with Crippen molar-refractivity contribution in [3.05, 3.63) is 23.3 Å². The Morgan fingerprint density at radius 2 is 2.03 bits per heavy atom. The van der Waals surface area contributed by atoms with E-state index in [1.165, 1.54) is 12.5 Å². The van der Waals surface area contributed by atoms with E-state index in [2.05, 4.69) is 32.9 Å². The van der Waals surface area contributed by atoms with Gasteiger partial charge in [0, 0.05) is 18.3 Å². The minimum absolute atomic E-state index is 0.0208. The van der Waals surface area contributed by atoms with E-state index in [0.717, 1.165) is 44.9 Å². The SMILES string of the molecule is CC[C@@H]1CC2C3CCC4=CC(O)CC[C@]4(C)C3=CC[C@]2(C)[C@H]1C(=O)COC(C)=O. The van der Waals surface area contributed by atoms with E-state index < -0.39 is 0 Å². The summed E-state index contributed by atoms with van der Waals surface area (Å²) in [4.78, 5) is 24.4. The Hall–Kier alpha value is -1.42. The van der Waals surface area contributed by atoms with Crippen LogP contribution >= 0.6 is 0 Å². The van der Waals surface area contributed by atoms with Crippen LogP contribution < -0.4 is 0 Å². The lowest BCUT2D eigenvalue weighted by atomic mass is 9.51. The van der Waals surface area contributed by atoms with Gasteiger partial charge in [-0.3, -0.25) is 9.59 Å². The zero-order chi connectivity index (χ0) is 21.0. The molecule has 0 heterocycles.